The van der Waals surface area contributed by atoms with Crippen LogP contribution in [0.2, 0.25) is 0 Å². The second kappa shape index (κ2) is 9.23. The number of hydrogen-bond donors (Lipinski definition) is 0. The average Bonchev–Trinajstić information content (AvgIpc) is 2.87. The number of nitrogens with zero attached hydrogens (tertiary/aromatic N) is 2. The van der Waals surface area contributed by atoms with Crippen molar-refractivity contribution in [3.05, 3.63) is 59.7 Å². The molecule has 2 aromatic rings. The van der Waals surface area contributed by atoms with E-state index in [-0.39, 0.29) is 38.0 Å². The van der Waals surface area contributed by atoms with Gasteiger partial charge in [0, 0.05) is 13.6 Å². The van der Waals surface area contributed by atoms with E-state index in [1.54, 1.807) is 31.3 Å². The van der Waals surface area contributed by atoms with Gasteiger partial charge in [0.1, 0.15) is 12.3 Å². The number of amides is 2. The largest absolute Gasteiger partial charge is 0.491 e. The van der Waals surface area contributed by atoms with Gasteiger partial charge in [-0.05, 0) is 24.6 Å². The highest BCUT2D eigenvalue weighted by atomic mass is 16.5. The van der Waals surface area contributed by atoms with E-state index in [1.165, 1.54) is 9.80 Å². The number of anilines is 1. The van der Waals surface area contributed by atoms with Crippen LogP contribution in [0.4, 0.5) is 5.69 Å². The minimum Gasteiger partial charge on any atom is -0.491 e. The van der Waals surface area contributed by atoms with Gasteiger partial charge in [-0.2, -0.15) is 0 Å². The Balaban J connectivity index is 1.54. The second-order valence-corrected chi connectivity index (χ2v) is 6.94. The van der Waals surface area contributed by atoms with Crippen LogP contribution in [0.15, 0.2) is 48.5 Å². The molecule has 0 saturated carbocycles. The normalized spacial score (nSPS) is 13.2. The van der Waals surface area contributed by atoms with Crippen LogP contribution in [0.5, 0.6) is 5.75 Å². The number of aryl methyl sites for hydroxylation is 1. The summed E-state index contributed by atoms with van der Waals surface area (Å²) in [4.78, 5) is 39.7. The number of para-hydroxylation sites is 2. The van der Waals surface area contributed by atoms with E-state index in [4.69, 9.17) is 9.47 Å². The average molecular weight is 396 g/mol. The lowest BCUT2D eigenvalue weighted by molar-refractivity contribution is -0.150. The van der Waals surface area contributed by atoms with Gasteiger partial charge >= 0.3 is 5.97 Å². The first-order valence-electron chi connectivity index (χ1n) is 9.41. The van der Waals surface area contributed by atoms with Gasteiger partial charge in [-0.25, -0.2) is 0 Å². The first-order chi connectivity index (χ1) is 13.9. The highest BCUT2D eigenvalue weighted by Gasteiger charge is 2.26. The zero-order valence-corrected chi connectivity index (χ0v) is 16.6. The molecule has 29 heavy (non-hydrogen) atoms. The van der Waals surface area contributed by atoms with E-state index in [0.29, 0.717) is 18.0 Å². The van der Waals surface area contributed by atoms with Crippen LogP contribution in [0.1, 0.15) is 17.5 Å². The maximum atomic E-state index is 12.3. The fraction of sp³-hybridized carbons (Fsp3) is 0.318. The third-order valence-electron chi connectivity index (χ3n) is 4.64. The fourth-order valence-electron chi connectivity index (χ4n) is 2.98. The van der Waals surface area contributed by atoms with Crippen molar-refractivity contribution in [3.8, 4) is 5.75 Å². The van der Waals surface area contributed by atoms with Crippen LogP contribution in [0.25, 0.3) is 0 Å². The molecule has 0 atom stereocenters. The second-order valence-electron chi connectivity index (χ2n) is 6.94. The monoisotopic (exact) mass is 396 g/mol. The summed E-state index contributed by atoms with van der Waals surface area (Å²) >= 11 is 0. The lowest BCUT2D eigenvalue weighted by Gasteiger charge is -2.21. The molecule has 7 heteroatoms. The maximum Gasteiger partial charge on any atom is 0.326 e. The molecule has 3 rings (SSSR count). The number of esters is 1. The van der Waals surface area contributed by atoms with Crippen molar-refractivity contribution in [2.45, 2.75) is 19.9 Å². The van der Waals surface area contributed by atoms with Gasteiger partial charge in [0.2, 0.25) is 5.91 Å². The molecule has 0 aromatic heterocycles. The van der Waals surface area contributed by atoms with Crippen molar-refractivity contribution >= 4 is 23.5 Å². The Bertz CT molecular complexity index is 894. The highest BCUT2D eigenvalue weighted by molar-refractivity contribution is 5.99. The quantitative estimate of drug-likeness (QED) is 0.701. The van der Waals surface area contributed by atoms with E-state index in [9.17, 15) is 14.4 Å². The van der Waals surface area contributed by atoms with Crippen LogP contribution in [0, 0.1) is 6.92 Å². The van der Waals surface area contributed by atoms with E-state index < -0.39 is 5.97 Å². The maximum absolute atomic E-state index is 12.3. The predicted octanol–water partition coefficient (Wildman–Crippen LogP) is 2.31. The smallest absolute Gasteiger partial charge is 0.326 e. The molecule has 2 amide bonds. The Hall–Kier alpha value is -3.35. The standard InChI is InChI=1S/C22H24N2O5/c1-16-7-9-17(10-8-16)13-23(2)21(26)15-29-22(27)14-24-18-5-3-4-6-19(18)28-12-11-20(24)25/h3-10H,11-15H2,1-2H3. The Labute approximate surface area is 169 Å². The molecule has 152 valence electrons. The molecule has 0 aliphatic carbocycles. The Morgan fingerprint density at radius 2 is 1.86 bits per heavy atom. The van der Waals surface area contributed by atoms with Gasteiger partial charge in [0.05, 0.1) is 18.7 Å². The number of carbonyl (C=O) groups excluding carboxylic acids is 3. The van der Waals surface area contributed by atoms with E-state index in [0.717, 1.165) is 11.1 Å². The summed E-state index contributed by atoms with van der Waals surface area (Å²) in [5, 5.41) is 0. The SMILES string of the molecule is Cc1ccc(CN(C)C(=O)COC(=O)CN2C(=O)CCOc3ccccc32)cc1. The van der Waals surface area contributed by atoms with Crippen molar-refractivity contribution in [1.29, 1.82) is 0 Å². The molecule has 0 radical (unpaired) electrons. The Morgan fingerprint density at radius 1 is 1.14 bits per heavy atom. The summed E-state index contributed by atoms with van der Waals surface area (Å²) in [5.74, 6) is -0.647. The minimum absolute atomic E-state index is 0.167. The zero-order valence-electron chi connectivity index (χ0n) is 16.6. The summed E-state index contributed by atoms with van der Waals surface area (Å²) in [7, 11) is 1.65. The summed E-state index contributed by atoms with van der Waals surface area (Å²) in [6.07, 6.45) is 0.167. The molecule has 0 saturated heterocycles. The van der Waals surface area contributed by atoms with Gasteiger partial charge in [-0.15, -0.1) is 0 Å². The summed E-state index contributed by atoms with van der Waals surface area (Å²) in [6.45, 7) is 2.03. The molecule has 0 N–H and O–H groups in total. The van der Waals surface area contributed by atoms with E-state index in [2.05, 4.69) is 0 Å². The van der Waals surface area contributed by atoms with Gasteiger partial charge in [-0.1, -0.05) is 42.0 Å². The Kier molecular flexibility index (Phi) is 6.49. The van der Waals surface area contributed by atoms with Crippen LogP contribution < -0.4 is 9.64 Å². The first kappa shape index (κ1) is 20.4. The Morgan fingerprint density at radius 3 is 2.62 bits per heavy atom. The van der Waals surface area contributed by atoms with Crippen molar-refractivity contribution < 1.29 is 23.9 Å². The van der Waals surface area contributed by atoms with Crippen LogP contribution in [0.3, 0.4) is 0 Å². The summed E-state index contributed by atoms with van der Waals surface area (Å²) in [6, 6.07) is 14.9. The molecule has 0 bridgehead atoms. The predicted molar refractivity (Wildman–Crippen MR) is 108 cm³/mol. The molecule has 1 heterocycles. The van der Waals surface area contributed by atoms with Gasteiger partial charge in [0.25, 0.3) is 5.91 Å². The van der Waals surface area contributed by atoms with Crippen LogP contribution in [-0.4, -0.2) is 49.5 Å². The topological polar surface area (TPSA) is 76.2 Å². The van der Waals surface area contributed by atoms with Gasteiger partial charge in [-0.3, -0.25) is 19.3 Å². The summed E-state index contributed by atoms with van der Waals surface area (Å²) < 4.78 is 10.7. The highest BCUT2D eigenvalue weighted by Crippen LogP contribution is 2.30. The molecule has 0 fully saturated rings. The zero-order chi connectivity index (χ0) is 20.8. The van der Waals surface area contributed by atoms with Gasteiger partial charge < -0.3 is 14.4 Å². The fourth-order valence-corrected chi connectivity index (χ4v) is 2.98. The minimum atomic E-state index is -0.646. The lowest BCUT2D eigenvalue weighted by atomic mass is 10.1. The number of fused-ring (bicyclic) bond motifs is 1. The van der Waals surface area contributed by atoms with Gasteiger partial charge in [0.15, 0.2) is 6.61 Å². The van der Waals surface area contributed by atoms with Crippen LogP contribution in [-0.2, 0) is 25.7 Å². The summed E-state index contributed by atoms with van der Waals surface area (Å²) in [5.41, 5.74) is 2.66. The van der Waals surface area contributed by atoms with E-state index in [1.807, 2.05) is 31.2 Å². The first-order valence-corrected chi connectivity index (χ1v) is 9.41. The molecular weight excluding hydrogens is 372 g/mol. The molecule has 7 nitrogen and oxygen atoms in total. The van der Waals surface area contributed by atoms with Crippen molar-refractivity contribution in [3.63, 3.8) is 0 Å². The van der Waals surface area contributed by atoms with E-state index >= 15 is 0 Å². The van der Waals surface area contributed by atoms with Crippen molar-refractivity contribution in [1.82, 2.24) is 4.90 Å². The third-order valence-corrected chi connectivity index (χ3v) is 4.64. The van der Waals surface area contributed by atoms with Crippen LogP contribution >= 0.6 is 0 Å². The third kappa shape index (κ3) is 5.34. The number of benzene rings is 2. The lowest BCUT2D eigenvalue weighted by Crippen LogP contribution is -2.37. The number of ether oxygens (including phenoxy) is 2. The molecule has 1 aliphatic rings. The number of carbonyl (C=O) groups is 3. The van der Waals surface area contributed by atoms with Crippen molar-refractivity contribution in [2.75, 3.05) is 31.7 Å². The molecular formula is C22H24N2O5. The number of hydrogen-bond acceptors (Lipinski definition) is 5. The number of rotatable bonds is 6. The molecule has 0 unspecified atom stereocenters. The molecule has 0 spiro atoms. The molecule has 2 aromatic carbocycles. The molecule has 1 aliphatic heterocycles. The number of likely N-dealkylation sites (N-methyl/N-ethyl adjacent to an activating group) is 1. The van der Waals surface area contributed by atoms with Crippen molar-refractivity contribution in [2.24, 2.45) is 0 Å².